The van der Waals surface area contributed by atoms with Crippen LogP contribution < -0.4 is 5.32 Å². The van der Waals surface area contributed by atoms with Crippen LogP contribution in [-0.2, 0) is 4.79 Å². The Balaban J connectivity index is 1.70. The molecule has 0 radical (unpaired) electrons. The van der Waals surface area contributed by atoms with E-state index in [2.05, 4.69) is 20.3 Å². The number of hydrogen-bond acceptors (Lipinski definition) is 8. The summed E-state index contributed by atoms with van der Waals surface area (Å²) in [7, 11) is 0. The van der Waals surface area contributed by atoms with Gasteiger partial charge in [0.15, 0.2) is 22.8 Å². The second-order valence-electron chi connectivity index (χ2n) is 6.48. The van der Waals surface area contributed by atoms with E-state index >= 15 is 0 Å². The normalized spacial score (nSPS) is 24.6. The Morgan fingerprint density at radius 1 is 1.11 bits per heavy atom. The number of nitrogens with zero attached hydrogens (tertiary/aromatic N) is 4. The van der Waals surface area contributed by atoms with Gasteiger partial charge in [-0.3, -0.25) is 9.59 Å². The molecular weight excluding hydrogens is 366 g/mol. The number of carbonyl (C=O) groups excluding carboxylic acids is 2. The van der Waals surface area contributed by atoms with Gasteiger partial charge in [0.2, 0.25) is 0 Å². The number of aliphatic hydroxyl groups is 3. The number of benzene rings is 1. The Hall–Kier alpha value is -3.21. The lowest BCUT2D eigenvalue weighted by Crippen LogP contribution is -2.30. The first-order valence-electron chi connectivity index (χ1n) is 8.57. The molecule has 4 N–H and O–H groups in total. The van der Waals surface area contributed by atoms with Crippen molar-refractivity contribution in [2.45, 2.75) is 18.2 Å². The van der Waals surface area contributed by atoms with E-state index < -0.39 is 36.6 Å². The summed E-state index contributed by atoms with van der Waals surface area (Å²) in [5.74, 6) is -1.84. The molecule has 4 atom stereocenters. The molecule has 1 aliphatic carbocycles. The van der Waals surface area contributed by atoms with Crippen molar-refractivity contribution in [1.29, 1.82) is 0 Å². The van der Waals surface area contributed by atoms with Gasteiger partial charge in [0.05, 0.1) is 25.0 Å². The molecule has 144 valence electrons. The van der Waals surface area contributed by atoms with E-state index in [9.17, 15) is 24.9 Å². The molecule has 10 nitrogen and oxygen atoms in total. The van der Waals surface area contributed by atoms with Crippen molar-refractivity contribution in [3.8, 4) is 0 Å². The predicted octanol–water partition coefficient (Wildman–Crippen LogP) is -0.467. The van der Waals surface area contributed by atoms with Gasteiger partial charge in [0.1, 0.15) is 18.5 Å². The average Bonchev–Trinajstić information content (AvgIpc) is 3.22. The minimum absolute atomic E-state index is 0.150. The van der Waals surface area contributed by atoms with Crippen molar-refractivity contribution in [1.82, 2.24) is 19.5 Å². The zero-order valence-corrected chi connectivity index (χ0v) is 14.5. The van der Waals surface area contributed by atoms with Crippen LogP contribution >= 0.6 is 0 Å². The smallest absolute Gasteiger partial charge is 0.256 e. The van der Waals surface area contributed by atoms with E-state index in [1.54, 1.807) is 30.3 Å². The van der Waals surface area contributed by atoms with E-state index in [1.807, 2.05) is 0 Å². The largest absolute Gasteiger partial charge is 0.396 e. The number of anilines is 1. The standard InChI is InChI=1S/C18H17N5O5/c24-6-10-13(25)12(15(27)14(10)26)23-8-21-11-16(19-7-20-17(11)23)22-18(28)9-4-2-1-3-5-9/h1-5,7-8,10,12,14-15,24,26-27H,6H2,(H,19,20,22,28)/t10-,12-,14-,15+/m0/s1. The van der Waals surface area contributed by atoms with Gasteiger partial charge in [-0.2, -0.15) is 0 Å². The third-order valence-corrected chi connectivity index (χ3v) is 4.87. The van der Waals surface area contributed by atoms with Crippen LogP contribution in [0.15, 0.2) is 43.0 Å². The zero-order valence-electron chi connectivity index (χ0n) is 14.5. The van der Waals surface area contributed by atoms with Gasteiger partial charge in [-0.15, -0.1) is 0 Å². The summed E-state index contributed by atoms with van der Waals surface area (Å²) >= 11 is 0. The van der Waals surface area contributed by atoms with Crippen molar-refractivity contribution >= 4 is 28.7 Å². The molecule has 0 spiro atoms. The highest BCUT2D eigenvalue weighted by Gasteiger charge is 2.49. The average molecular weight is 383 g/mol. The van der Waals surface area contributed by atoms with Crippen LogP contribution in [0.4, 0.5) is 5.82 Å². The molecule has 0 aliphatic heterocycles. The summed E-state index contributed by atoms with van der Waals surface area (Å²) in [5, 5.41) is 32.3. The van der Waals surface area contributed by atoms with E-state index in [4.69, 9.17) is 0 Å². The van der Waals surface area contributed by atoms with Crippen LogP contribution in [0.1, 0.15) is 16.4 Å². The first-order chi connectivity index (χ1) is 13.5. The lowest BCUT2D eigenvalue weighted by Gasteiger charge is -2.16. The van der Waals surface area contributed by atoms with Gasteiger partial charge in [0, 0.05) is 5.56 Å². The van der Waals surface area contributed by atoms with Crippen molar-refractivity contribution in [2.24, 2.45) is 5.92 Å². The van der Waals surface area contributed by atoms with Crippen molar-refractivity contribution in [3.05, 3.63) is 48.5 Å². The lowest BCUT2D eigenvalue weighted by atomic mass is 10.1. The van der Waals surface area contributed by atoms with Crippen LogP contribution in [0.25, 0.3) is 11.2 Å². The fourth-order valence-electron chi connectivity index (χ4n) is 3.40. The van der Waals surface area contributed by atoms with Gasteiger partial charge < -0.3 is 25.2 Å². The summed E-state index contributed by atoms with van der Waals surface area (Å²) in [6.07, 6.45) is -0.318. The van der Waals surface area contributed by atoms with Gasteiger partial charge in [0.25, 0.3) is 5.91 Å². The number of fused-ring (bicyclic) bond motifs is 1. The molecule has 2 heterocycles. The lowest BCUT2D eigenvalue weighted by molar-refractivity contribution is -0.125. The van der Waals surface area contributed by atoms with E-state index in [0.717, 1.165) is 0 Å². The summed E-state index contributed by atoms with van der Waals surface area (Å²) in [6.45, 7) is -0.576. The first kappa shape index (κ1) is 18.2. The van der Waals surface area contributed by atoms with Gasteiger partial charge >= 0.3 is 0 Å². The van der Waals surface area contributed by atoms with E-state index in [-0.39, 0.29) is 22.9 Å². The maximum atomic E-state index is 12.5. The third-order valence-electron chi connectivity index (χ3n) is 4.87. The summed E-state index contributed by atoms with van der Waals surface area (Å²) in [6, 6.07) is 7.40. The molecule has 1 fully saturated rings. The zero-order chi connectivity index (χ0) is 19.8. The van der Waals surface area contributed by atoms with Crippen LogP contribution in [0.2, 0.25) is 0 Å². The van der Waals surface area contributed by atoms with Gasteiger partial charge in [-0.1, -0.05) is 18.2 Å². The van der Waals surface area contributed by atoms with Crippen molar-refractivity contribution in [3.63, 3.8) is 0 Å². The van der Waals surface area contributed by atoms with E-state index in [0.29, 0.717) is 5.56 Å². The highest BCUT2D eigenvalue weighted by atomic mass is 16.3. The number of amides is 1. The maximum Gasteiger partial charge on any atom is 0.256 e. The number of carbonyl (C=O) groups is 2. The van der Waals surface area contributed by atoms with Gasteiger partial charge in [-0.05, 0) is 12.1 Å². The molecule has 10 heteroatoms. The number of ketones is 1. The van der Waals surface area contributed by atoms with Crippen LogP contribution in [0.3, 0.4) is 0 Å². The van der Waals surface area contributed by atoms with Crippen molar-refractivity contribution in [2.75, 3.05) is 11.9 Å². The van der Waals surface area contributed by atoms with Crippen LogP contribution in [0.5, 0.6) is 0 Å². The predicted molar refractivity (Wildman–Crippen MR) is 96.4 cm³/mol. The Morgan fingerprint density at radius 2 is 1.86 bits per heavy atom. The Bertz CT molecular complexity index is 1040. The molecule has 2 aromatic heterocycles. The van der Waals surface area contributed by atoms with E-state index in [1.165, 1.54) is 17.2 Å². The van der Waals surface area contributed by atoms with Gasteiger partial charge in [-0.25, -0.2) is 15.0 Å². The molecule has 1 aliphatic rings. The molecule has 1 saturated carbocycles. The second-order valence-corrected chi connectivity index (χ2v) is 6.48. The highest BCUT2D eigenvalue weighted by molar-refractivity contribution is 6.06. The number of Topliss-reactive ketones (excluding diaryl/α,β-unsaturated/α-hetero) is 1. The topological polar surface area (TPSA) is 150 Å². The van der Waals surface area contributed by atoms with Crippen LogP contribution in [-0.4, -0.2) is 65.3 Å². The van der Waals surface area contributed by atoms with Crippen LogP contribution in [0, 0.1) is 5.92 Å². The molecular formula is C18H17N5O5. The molecule has 1 amide bonds. The number of nitrogens with one attached hydrogen (secondary N) is 1. The quantitative estimate of drug-likeness (QED) is 0.472. The molecule has 28 heavy (non-hydrogen) atoms. The maximum absolute atomic E-state index is 12.5. The monoisotopic (exact) mass is 383 g/mol. The summed E-state index contributed by atoms with van der Waals surface area (Å²) in [5.41, 5.74) is 0.874. The highest BCUT2D eigenvalue weighted by Crippen LogP contribution is 2.34. The number of rotatable bonds is 4. The Kier molecular flexibility index (Phi) is 4.59. The fraction of sp³-hybridized carbons (Fsp3) is 0.278. The second kappa shape index (κ2) is 7.08. The molecule has 0 unspecified atom stereocenters. The number of aromatic nitrogens is 4. The molecule has 4 rings (SSSR count). The molecule has 0 bridgehead atoms. The minimum atomic E-state index is -1.42. The Morgan fingerprint density at radius 3 is 2.54 bits per heavy atom. The van der Waals surface area contributed by atoms with Crippen molar-refractivity contribution < 1.29 is 24.9 Å². The Labute approximate surface area is 158 Å². The SMILES string of the molecule is O=C(Nc1ncnc2c1ncn2[C@H]1C(=O)[C@H](CO)[C@H](O)[C@@H]1O)c1ccccc1. The number of aliphatic hydroxyl groups excluding tert-OH is 3. The first-order valence-corrected chi connectivity index (χ1v) is 8.57. The third kappa shape index (κ3) is 2.83. The molecule has 1 aromatic carbocycles. The fourth-order valence-corrected chi connectivity index (χ4v) is 3.40. The summed E-state index contributed by atoms with van der Waals surface area (Å²) in [4.78, 5) is 37.2. The number of hydrogen-bond donors (Lipinski definition) is 4. The minimum Gasteiger partial charge on any atom is -0.396 e. The molecule has 3 aromatic rings. The number of imidazole rings is 1. The molecule has 0 saturated heterocycles. The summed E-state index contributed by atoms with van der Waals surface area (Å²) < 4.78 is 1.32.